The number of piperidine rings is 1. The van der Waals surface area contributed by atoms with Crippen molar-refractivity contribution in [1.82, 2.24) is 9.88 Å². The second-order valence-corrected chi connectivity index (χ2v) is 8.56. The molecule has 2 atom stereocenters. The Morgan fingerprint density at radius 1 is 1.38 bits per heavy atom. The van der Waals surface area contributed by atoms with Gasteiger partial charge in [-0.3, -0.25) is 4.98 Å². The van der Waals surface area contributed by atoms with Crippen LogP contribution in [0.2, 0.25) is 0 Å². The maximum absolute atomic E-state index is 12.1. The topological polar surface area (TPSA) is 55.0 Å². The summed E-state index contributed by atoms with van der Waals surface area (Å²) in [7, 11) is 0. The Morgan fingerprint density at radius 3 is 2.67 bits per heavy atom. The van der Waals surface area contributed by atoms with Gasteiger partial charge in [-0.25, -0.2) is 4.79 Å². The Balaban J connectivity index is 1.42. The van der Waals surface area contributed by atoms with Gasteiger partial charge in [0.15, 0.2) is 0 Å². The molecule has 1 amide bonds. The molecule has 2 aliphatic rings. The first-order valence-corrected chi connectivity index (χ1v) is 9.36. The molecule has 132 valence electrons. The summed E-state index contributed by atoms with van der Waals surface area (Å²) in [5.74, 6) is 0.606. The molecule has 5 nitrogen and oxygen atoms in total. The fraction of sp³-hybridized carbons (Fsp3) is 0.667. The molecule has 1 unspecified atom stereocenters. The predicted molar refractivity (Wildman–Crippen MR) is 94.7 cm³/mol. The number of halogens is 1. The van der Waals surface area contributed by atoms with Crippen LogP contribution in [-0.2, 0) is 9.47 Å². The molecule has 6 heteroatoms. The highest BCUT2D eigenvalue weighted by Gasteiger charge is 2.43. The Morgan fingerprint density at radius 2 is 2.08 bits per heavy atom. The van der Waals surface area contributed by atoms with Crippen LogP contribution < -0.4 is 0 Å². The zero-order valence-corrected chi connectivity index (χ0v) is 16.1. The summed E-state index contributed by atoms with van der Waals surface area (Å²) < 4.78 is 12.2. The van der Waals surface area contributed by atoms with Crippen LogP contribution in [0.25, 0.3) is 0 Å². The molecule has 0 bridgehead atoms. The standard InChI is InChI=1S/C18H25BrN2O3/c1-18(2,3)24-17(22)21-8-6-12(7-9-21)10-15-16(23-15)14-5-4-13(19)11-20-14/h4-5,11-12,15-16H,6-10H2,1-3H3/t15?,16-/m1/s1. The number of aromatic nitrogens is 1. The average Bonchev–Trinajstić information content (AvgIpc) is 3.26. The zero-order chi connectivity index (χ0) is 17.3. The van der Waals surface area contributed by atoms with E-state index >= 15 is 0 Å². The first kappa shape index (κ1) is 17.7. The fourth-order valence-electron chi connectivity index (χ4n) is 3.14. The molecule has 1 aromatic rings. The lowest BCUT2D eigenvalue weighted by Gasteiger charge is -2.33. The molecule has 0 saturated carbocycles. The number of likely N-dealkylation sites (tertiary alicyclic amines) is 1. The van der Waals surface area contributed by atoms with Gasteiger partial charge >= 0.3 is 6.09 Å². The van der Waals surface area contributed by atoms with E-state index < -0.39 is 5.60 Å². The number of amides is 1. The lowest BCUT2D eigenvalue weighted by atomic mass is 9.91. The highest BCUT2D eigenvalue weighted by molar-refractivity contribution is 9.10. The maximum atomic E-state index is 12.1. The first-order chi connectivity index (χ1) is 11.3. The first-order valence-electron chi connectivity index (χ1n) is 8.56. The molecule has 0 aliphatic carbocycles. The van der Waals surface area contributed by atoms with Gasteiger partial charge in [-0.15, -0.1) is 0 Å². The number of hydrogen-bond acceptors (Lipinski definition) is 4. The zero-order valence-electron chi connectivity index (χ0n) is 14.5. The van der Waals surface area contributed by atoms with Crippen LogP contribution in [0.4, 0.5) is 4.79 Å². The molecule has 3 heterocycles. The van der Waals surface area contributed by atoms with Crippen LogP contribution in [0.5, 0.6) is 0 Å². The fourth-order valence-corrected chi connectivity index (χ4v) is 3.38. The summed E-state index contributed by atoms with van der Waals surface area (Å²) in [4.78, 5) is 18.3. The monoisotopic (exact) mass is 396 g/mol. The molecule has 3 rings (SSSR count). The quantitative estimate of drug-likeness (QED) is 0.713. The Kier molecular flexibility index (Phi) is 5.16. The van der Waals surface area contributed by atoms with E-state index in [4.69, 9.17) is 9.47 Å². The molecule has 2 aliphatic heterocycles. The van der Waals surface area contributed by atoms with Crippen LogP contribution >= 0.6 is 15.9 Å². The predicted octanol–water partition coefficient (Wildman–Crippen LogP) is 4.32. The van der Waals surface area contributed by atoms with Crippen molar-refractivity contribution < 1.29 is 14.3 Å². The molecule has 0 spiro atoms. The summed E-state index contributed by atoms with van der Waals surface area (Å²) in [6, 6.07) is 4.01. The summed E-state index contributed by atoms with van der Waals surface area (Å²) >= 11 is 3.40. The third-order valence-corrected chi connectivity index (χ3v) is 4.93. The largest absolute Gasteiger partial charge is 0.444 e. The van der Waals surface area contributed by atoms with E-state index in [1.54, 1.807) is 0 Å². The summed E-state index contributed by atoms with van der Waals surface area (Å²) in [5.41, 5.74) is 0.579. The van der Waals surface area contributed by atoms with Crippen LogP contribution in [0, 0.1) is 5.92 Å². The lowest BCUT2D eigenvalue weighted by Crippen LogP contribution is -2.41. The second kappa shape index (κ2) is 7.00. The van der Waals surface area contributed by atoms with Crippen molar-refractivity contribution in [1.29, 1.82) is 0 Å². The molecule has 0 aromatic carbocycles. The highest BCUT2D eigenvalue weighted by atomic mass is 79.9. The van der Waals surface area contributed by atoms with Crippen LogP contribution in [0.3, 0.4) is 0 Å². The summed E-state index contributed by atoms with van der Waals surface area (Å²) in [5, 5.41) is 0. The van der Waals surface area contributed by atoms with Gasteiger partial charge in [0.2, 0.25) is 0 Å². The third-order valence-electron chi connectivity index (χ3n) is 4.46. The summed E-state index contributed by atoms with van der Waals surface area (Å²) in [6.45, 7) is 7.25. The molecule has 0 N–H and O–H groups in total. The van der Waals surface area contributed by atoms with Crippen LogP contribution in [-0.4, -0.2) is 40.8 Å². The van der Waals surface area contributed by atoms with E-state index in [0.717, 1.165) is 42.5 Å². The normalized spacial score (nSPS) is 24.8. The number of rotatable bonds is 3. The van der Waals surface area contributed by atoms with Crippen molar-refractivity contribution in [3.8, 4) is 0 Å². The number of carbonyl (C=O) groups is 1. The summed E-state index contributed by atoms with van der Waals surface area (Å²) in [6.07, 6.45) is 5.11. The van der Waals surface area contributed by atoms with E-state index in [-0.39, 0.29) is 18.3 Å². The van der Waals surface area contributed by atoms with Crippen LogP contribution in [0.15, 0.2) is 22.8 Å². The number of nitrogens with zero attached hydrogens (tertiary/aromatic N) is 2. The van der Waals surface area contributed by atoms with Crippen molar-refractivity contribution in [3.05, 3.63) is 28.5 Å². The average molecular weight is 397 g/mol. The van der Waals surface area contributed by atoms with Crippen molar-refractivity contribution in [2.45, 2.75) is 57.8 Å². The SMILES string of the molecule is CC(C)(C)OC(=O)N1CCC(CC2O[C@@H]2c2ccc(Br)cn2)CC1. The number of epoxide rings is 1. The molecule has 2 fully saturated rings. The molecule has 1 aromatic heterocycles. The van der Waals surface area contributed by atoms with Gasteiger partial charge in [0, 0.05) is 23.8 Å². The van der Waals surface area contributed by atoms with Gasteiger partial charge in [0.1, 0.15) is 11.7 Å². The molecular weight excluding hydrogens is 372 g/mol. The lowest BCUT2D eigenvalue weighted by molar-refractivity contribution is 0.0179. The Bertz CT molecular complexity index is 577. The molecular formula is C18H25BrN2O3. The second-order valence-electron chi connectivity index (χ2n) is 7.64. The minimum atomic E-state index is -0.430. The molecule has 24 heavy (non-hydrogen) atoms. The Labute approximate surface area is 151 Å². The number of hydrogen-bond donors (Lipinski definition) is 0. The third kappa shape index (κ3) is 4.70. The highest BCUT2D eigenvalue weighted by Crippen LogP contribution is 2.43. The molecule has 0 radical (unpaired) electrons. The van der Waals surface area contributed by atoms with Gasteiger partial charge in [-0.05, 0) is 74.0 Å². The van der Waals surface area contributed by atoms with Gasteiger partial charge < -0.3 is 14.4 Å². The van der Waals surface area contributed by atoms with Gasteiger partial charge in [0.05, 0.1) is 11.8 Å². The van der Waals surface area contributed by atoms with Crippen molar-refractivity contribution in [2.24, 2.45) is 5.92 Å². The van der Waals surface area contributed by atoms with Crippen molar-refractivity contribution >= 4 is 22.0 Å². The van der Waals surface area contributed by atoms with E-state index in [0.29, 0.717) is 5.92 Å². The van der Waals surface area contributed by atoms with Gasteiger partial charge in [-0.2, -0.15) is 0 Å². The van der Waals surface area contributed by atoms with Gasteiger partial charge in [0.25, 0.3) is 0 Å². The van der Waals surface area contributed by atoms with E-state index in [1.807, 2.05) is 44.0 Å². The van der Waals surface area contributed by atoms with E-state index in [1.165, 1.54) is 0 Å². The van der Waals surface area contributed by atoms with Crippen molar-refractivity contribution in [3.63, 3.8) is 0 Å². The van der Waals surface area contributed by atoms with Gasteiger partial charge in [-0.1, -0.05) is 0 Å². The number of carbonyl (C=O) groups excluding carboxylic acids is 1. The molecule has 2 saturated heterocycles. The van der Waals surface area contributed by atoms with Crippen molar-refractivity contribution in [2.75, 3.05) is 13.1 Å². The minimum Gasteiger partial charge on any atom is -0.444 e. The number of pyridine rings is 1. The van der Waals surface area contributed by atoms with E-state index in [9.17, 15) is 4.79 Å². The minimum absolute atomic E-state index is 0.141. The smallest absolute Gasteiger partial charge is 0.410 e. The maximum Gasteiger partial charge on any atom is 0.410 e. The Hall–Kier alpha value is -1.14. The van der Waals surface area contributed by atoms with Crippen LogP contribution in [0.1, 0.15) is 51.8 Å². The van der Waals surface area contributed by atoms with E-state index in [2.05, 4.69) is 20.9 Å². The number of ether oxygens (including phenoxy) is 2.